The van der Waals surface area contributed by atoms with Crippen LogP contribution in [0.3, 0.4) is 0 Å². The predicted octanol–water partition coefficient (Wildman–Crippen LogP) is 1.72. The Balaban J connectivity index is 1.26. The molecule has 0 radical (unpaired) electrons. The normalized spacial score (nSPS) is 21.9. The van der Waals surface area contributed by atoms with Crippen molar-refractivity contribution in [3.63, 3.8) is 0 Å². The summed E-state index contributed by atoms with van der Waals surface area (Å²) >= 11 is 0. The van der Waals surface area contributed by atoms with Gasteiger partial charge in [-0.15, -0.1) is 0 Å². The van der Waals surface area contributed by atoms with E-state index in [9.17, 15) is 9.59 Å². The Morgan fingerprint density at radius 2 is 1.93 bits per heavy atom. The molecule has 4 rings (SSSR count). The van der Waals surface area contributed by atoms with Crippen LogP contribution in [0.2, 0.25) is 0 Å². The Kier molecular flexibility index (Phi) is 6.10. The zero-order valence-corrected chi connectivity index (χ0v) is 16.5. The Bertz CT molecular complexity index is 679. The first-order chi connectivity index (χ1) is 13.7. The highest BCUT2D eigenvalue weighted by atomic mass is 16.2. The smallest absolute Gasteiger partial charge is 0.255 e. The van der Waals surface area contributed by atoms with Crippen LogP contribution in [0, 0.1) is 5.92 Å². The van der Waals surface area contributed by atoms with Gasteiger partial charge in [0.15, 0.2) is 0 Å². The fraction of sp³-hybridized carbons (Fsp3) is 0.667. The highest BCUT2D eigenvalue weighted by Crippen LogP contribution is 2.22. The molecule has 152 valence electrons. The largest absolute Gasteiger partial charge is 0.367 e. The number of carbonyl (C=O) groups is 2. The van der Waals surface area contributed by atoms with Gasteiger partial charge < -0.3 is 20.4 Å². The monoisotopic (exact) mass is 385 g/mol. The number of rotatable bonds is 5. The van der Waals surface area contributed by atoms with Gasteiger partial charge in [-0.2, -0.15) is 0 Å². The Morgan fingerprint density at radius 1 is 1.14 bits per heavy atom. The number of hydrogen-bond donors (Lipinski definition) is 2. The molecule has 3 saturated heterocycles. The van der Waals surface area contributed by atoms with Crippen LogP contribution in [0.15, 0.2) is 18.3 Å². The summed E-state index contributed by atoms with van der Waals surface area (Å²) in [5, 5.41) is 6.82. The zero-order chi connectivity index (χ0) is 19.3. The van der Waals surface area contributed by atoms with Crippen molar-refractivity contribution in [2.75, 3.05) is 44.6 Å². The number of carbonyl (C=O) groups excluding carboxylic acids is 2. The van der Waals surface area contributed by atoms with E-state index in [-0.39, 0.29) is 5.91 Å². The minimum absolute atomic E-state index is 0.0663. The Hall–Kier alpha value is -2.15. The number of piperidine rings is 2. The molecule has 7 heteroatoms. The van der Waals surface area contributed by atoms with E-state index in [1.165, 1.54) is 0 Å². The van der Waals surface area contributed by atoms with Crippen molar-refractivity contribution in [1.82, 2.24) is 20.1 Å². The maximum absolute atomic E-state index is 12.8. The summed E-state index contributed by atoms with van der Waals surface area (Å²) in [6.07, 6.45) is 7.52. The number of nitrogens with zero attached hydrogens (tertiary/aromatic N) is 3. The highest BCUT2D eigenvalue weighted by Gasteiger charge is 2.28. The summed E-state index contributed by atoms with van der Waals surface area (Å²) in [6, 6.07) is 4.26. The van der Waals surface area contributed by atoms with E-state index in [1.807, 2.05) is 21.9 Å². The van der Waals surface area contributed by atoms with E-state index in [1.54, 1.807) is 6.20 Å². The van der Waals surface area contributed by atoms with E-state index in [4.69, 9.17) is 0 Å². The minimum Gasteiger partial charge on any atom is -0.367 e. The van der Waals surface area contributed by atoms with E-state index in [0.717, 1.165) is 77.2 Å². The molecule has 28 heavy (non-hydrogen) atoms. The summed E-state index contributed by atoms with van der Waals surface area (Å²) in [5.41, 5.74) is 0.657. The minimum atomic E-state index is 0.0663. The number of nitrogens with one attached hydrogen (secondary N) is 2. The van der Waals surface area contributed by atoms with Crippen molar-refractivity contribution in [3.8, 4) is 0 Å². The lowest BCUT2D eigenvalue weighted by Crippen LogP contribution is -2.42. The van der Waals surface area contributed by atoms with Crippen molar-refractivity contribution < 1.29 is 9.59 Å². The fourth-order valence-electron chi connectivity index (χ4n) is 4.49. The number of likely N-dealkylation sites (tertiary alicyclic amines) is 2. The number of hydrogen-bond acceptors (Lipinski definition) is 5. The average Bonchev–Trinajstić information content (AvgIpc) is 3.14. The first-order valence-electron chi connectivity index (χ1n) is 10.7. The molecular formula is C21H31N5O2. The molecular weight excluding hydrogens is 354 g/mol. The predicted molar refractivity (Wildman–Crippen MR) is 108 cm³/mol. The van der Waals surface area contributed by atoms with Gasteiger partial charge in [0.25, 0.3) is 5.91 Å². The third kappa shape index (κ3) is 4.63. The van der Waals surface area contributed by atoms with Crippen LogP contribution in [0.5, 0.6) is 0 Å². The van der Waals surface area contributed by atoms with Gasteiger partial charge in [0.1, 0.15) is 5.82 Å². The van der Waals surface area contributed by atoms with Gasteiger partial charge in [-0.3, -0.25) is 9.59 Å². The van der Waals surface area contributed by atoms with E-state index in [2.05, 4.69) is 15.6 Å². The Labute approximate surface area is 166 Å². The zero-order valence-electron chi connectivity index (χ0n) is 16.5. The quantitative estimate of drug-likeness (QED) is 0.807. The van der Waals surface area contributed by atoms with Gasteiger partial charge in [-0.1, -0.05) is 0 Å². The number of anilines is 1. The van der Waals surface area contributed by atoms with E-state index in [0.29, 0.717) is 29.9 Å². The lowest BCUT2D eigenvalue weighted by molar-refractivity contribution is -0.128. The van der Waals surface area contributed by atoms with Crippen LogP contribution < -0.4 is 10.6 Å². The summed E-state index contributed by atoms with van der Waals surface area (Å²) in [5.74, 6) is 1.72. The second-order valence-corrected chi connectivity index (χ2v) is 8.28. The summed E-state index contributed by atoms with van der Waals surface area (Å²) in [4.78, 5) is 33.0. The number of pyridine rings is 1. The molecule has 3 aliphatic heterocycles. The molecule has 0 spiro atoms. The number of amides is 2. The first kappa shape index (κ1) is 19.2. The van der Waals surface area contributed by atoms with Gasteiger partial charge in [0, 0.05) is 44.8 Å². The van der Waals surface area contributed by atoms with E-state index < -0.39 is 0 Å². The van der Waals surface area contributed by atoms with Crippen LogP contribution in [-0.4, -0.2) is 71.9 Å². The van der Waals surface area contributed by atoms with Gasteiger partial charge in [-0.25, -0.2) is 4.98 Å². The summed E-state index contributed by atoms with van der Waals surface area (Å²) in [6.45, 7) is 5.37. The summed E-state index contributed by atoms with van der Waals surface area (Å²) < 4.78 is 0. The molecule has 0 saturated carbocycles. The molecule has 3 fully saturated rings. The third-order valence-electron chi connectivity index (χ3n) is 6.25. The maximum atomic E-state index is 12.8. The standard InChI is InChI=1S/C21H31N5O2/c27-20-2-1-11-26(20)15-16-7-12-25(13-8-16)21(28)17-3-4-19(23-14-17)24-18-5-9-22-10-6-18/h3-4,14,16,18,22H,1-2,5-13,15H2,(H,23,24). The second-order valence-electron chi connectivity index (χ2n) is 8.28. The Morgan fingerprint density at radius 3 is 2.57 bits per heavy atom. The van der Waals surface area contributed by atoms with Gasteiger partial charge in [0.2, 0.25) is 5.91 Å². The average molecular weight is 386 g/mol. The molecule has 0 unspecified atom stereocenters. The molecule has 0 aromatic carbocycles. The van der Waals surface area contributed by atoms with Crippen LogP contribution in [0.25, 0.3) is 0 Å². The number of aromatic nitrogens is 1. The van der Waals surface area contributed by atoms with Crippen molar-refractivity contribution >= 4 is 17.6 Å². The van der Waals surface area contributed by atoms with E-state index >= 15 is 0 Å². The lowest BCUT2D eigenvalue weighted by atomic mass is 9.96. The molecule has 3 aliphatic rings. The van der Waals surface area contributed by atoms with Crippen LogP contribution in [0.1, 0.15) is 48.9 Å². The van der Waals surface area contributed by atoms with Crippen molar-refractivity contribution in [2.24, 2.45) is 5.92 Å². The van der Waals surface area contributed by atoms with Gasteiger partial charge >= 0.3 is 0 Å². The van der Waals surface area contributed by atoms with Crippen LogP contribution >= 0.6 is 0 Å². The SMILES string of the molecule is O=C1CCCN1CC1CCN(C(=O)c2ccc(NC3CCNCC3)nc2)CC1. The van der Waals surface area contributed by atoms with Crippen molar-refractivity contribution in [3.05, 3.63) is 23.9 Å². The summed E-state index contributed by atoms with van der Waals surface area (Å²) in [7, 11) is 0. The van der Waals surface area contributed by atoms with Gasteiger partial charge in [0.05, 0.1) is 5.56 Å². The molecule has 0 atom stereocenters. The molecule has 1 aromatic heterocycles. The molecule has 4 heterocycles. The molecule has 2 amide bonds. The highest BCUT2D eigenvalue weighted by molar-refractivity contribution is 5.94. The van der Waals surface area contributed by atoms with Crippen molar-refractivity contribution in [1.29, 1.82) is 0 Å². The topological polar surface area (TPSA) is 77.6 Å². The van der Waals surface area contributed by atoms with Crippen LogP contribution in [0.4, 0.5) is 5.82 Å². The molecule has 1 aromatic rings. The lowest BCUT2D eigenvalue weighted by Gasteiger charge is -2.34. The maximum Gasteiger partial charge on any atom is 0.255 e. The molecule has 2 N–H and O–H groups in total. The van der Waals surface area contributed by atoms with Crippen molar-refractivity contribution in [2.45, 2.75) is 44.6 Å². The van der Waals surface area contributed by atoms with Gasteiger partial charge in [-0.05, 0) is 63.2 Å². The first-order valence-corrected chi connectivity index (χ1v) is 10.7. The molecule has 0 aliphatic carbocycles. The molecule has 0 bridgehead atoms. The third-order valence-corrected chi connectivity index (χ3v) is 6.25. The fourth-order valence-corrected chi connectivity index (χ4v) is 4.49. The molecule has 7 nitrogen and oxygen atoms in total. The van der Waals surface area contributed by atoms with Crippen LogP contribution in [-0.2, 0) is 4.79 Å². The second kappa shape index (κ2) is 8.90.